The highest BCUT2D eigenvalue weighted by Crippen LogP contribution is 2.22. The lowest BCUT2D eigenvalue weighted by molar-refractivity contribution is -0.129. The molecule has 0 aliphatic carbocycles. The van der Waals surface area contributed by atoms with E-state index < -0.39 is 0 Å². The third-order valence-electron chi connectivity index (χ3n) is 3.10. The quantitative estimate of drug-likeness (QED) is 0.840. The van der Waals surface area contributed by atoms with Crippen molar-refractivity contribution in [1.82, 2.24) is 10.2 Å². The van der Waals surface area contributed by atoms with Gasteiger partial charge in [0, 0.05) is 36.3 Å². The third kappa shape index (κ3) is 6.41. The van der Waals surface area contributed by atoms with Gasteiger partial charge >= 0.3 is 0 Å². The highest BCUT2D eigenvalue weighted by molar-refractivity contribution is 7.12. The van der Waals surface area contributed by atoms with Crippen LogP contribution < -0.4 is 5.32 Å². The van der Waals surface area contributed by atoms with Gasteiger partial charge in [0.05, 0.1) is 0 Å². The summed E-state index contributed by atoms with van der Waals surface area (Å²) >= 11 is 1.84. The maximum atomic E-state index is 11.8. The summed E-state index contributed by atoms with van der Waals surface area (Å²) in [6.07, 6.45) is 2.61. The van der Waals surface area contributed by atoms with Crippen molar-refractivity contribution in [1.29, 1.82) is 0 Å². The molecule has 0 aliphatic heterocycles. The largest absolute Gasteiger partial charge is 0.344 e. The van der Waals surface area contributed by atoms with E-state index in [1.807, 2.05) is 30.3 Å². The summed E-state index contributed by atoms with van der Waals surface area (Å²) < 4.78 is 0. The van der Waals surface area contributed by atoms with Gasteiger partial charge in [-0.05, 0) is 45.4 Å². The lowest BCUT2D eigenvalue weighted by Gasteiger charge is -2.16. The molecule has 0 spiro atoms. The second-order valence-corrected chi connectivity index (χ2v) is 6.17. The molecule has 0 atom stereocenters. The van der Waals surface area contributed by atoms with Crippen molar-refractivity contribution in [3.63, 3.8) is 0 Å². The Morgan fingerprint density at radius 3 is 2.63 bits per heavy atom. The Labute approximate surface area is 126 Å². The second-order valence-electron chi connectivity index (χ2n) is 4.71. The van der Waals surface area contributed by atoms with Crippen LogP contribution in [-0.2, 0) is 11.2 Å². The number of thiophene rings is 1. The molecule has 0 aliphatic rings. The van der Waals surface area contributed by atoms with E-state index >= 15 is 0 Å². The third-order valence-corrected chi connectivity index (χ3v) is 4.11. The number of aryl methyl sites for hydroxylation is 3. The van der Waals surface area contributed by atoms with Crippen molar-refractivity contribution in [2.24, 2.45) is 0 Å². The number of likely N-dealkylation sites (N-methyl/N-ethyl adjacent to an activating group) is 2. The van der Waals surface area contributed by atoms with E-state index in [2.05, 4.69) is 25.2 Å². The molecule has 0 fully saturated rings. The molecule has 0 bridgehead atoms. The molecule has 0 saturated heterocycles. The molecule has 0 unspecified atom stereocenters. The Hall–Kier alpha value is -0.580. The number of carbonyl (C=O) groups excluding carboxylic acids is 1. The van der Waals surface area contributed by atoms with Crippen LogP contribution in [0.15, 0.2) is 6.07 Å². The lowest BCUT2D eigenvalue weighted by Crippen LogP contribution is -2.32. The number of nitrogens with one attached hydrogen (secondary N) is 1. The molecule has 110 valence electrons. The Morgan fingerprint density at radius 1 is 1.42 bits per heavy atom. The monoisotopic (exact) mass is 304 g/mol. The van der Waals surface area contributed by atoms with Gasteiger partial charge in [0.1, 0.15) is 0 Å². The molecule has 1 amide bonds. The van der Waals surface area contributed by atoms with Crippen molar-refractivity contribution in [3.05, 3.63) is 21.4 Å². The maximum absolute atomic E-state index is 11.8. The van der Waals surface area contributed by atoms with Crippen molar-refractivity contribution in [2.75, 3.05) is 27.2 Å². The molecule has 3 nitrogen and oxygen atoms in total. The Morgan fingerprint density at radius 2 is 2.11 bits per heavy atom. The summed E-state index contributed by atoms with van der Waals surface area (Å²) in [6.45, 7) is 5.93. The zero-order chi connectivity index (χ0) is 13.5. The molecule has 0 aromatic carbocycles. The van der Waals surface area contributed by atoms with E-state index in [0.29, 0.717) is 6.42 Å². The number of hydrogen-bond donors (Lipinski definition) is 1. The summed E-state index contributed by atoms with van der Waals surface area (Å²) in [7, 11) is 3.78. The van der Waals surface area contributed by atoms with Gasteiger partial charge in [-0.1, -0.05) is 0 Å². The predicted octanol–water partition coefficient (Wildman–Crippen LogP) is 2.79. The molecule has 1 aromatic rings. The summed E-state index contributed by atoms with van der Waals surface area (Å²) in [5.41, 5.74) is 1.41. The second kappa shape index (κ2) is 9.34. The SMILES string of the molecule is CNCCN(C)C(=O)CCCc1cc(C)sc1C.Cl. The number of rotatable bonds is 7. The molecule has 1 aromatic heterocycles. The first kappa shape index (κ1) is 18.4. The number of carbonyl (C=O) groups is 1. The molecule has 1 heterocycles. The summed E-state index contributed by atoms with van der Waals surface area (Å²) in [5, 5.41) is 3.05. The van der Waals surface area contributed by atoms with Crippen molar-refractivity contribution < 1.29 is 4.79 Å². The van der Waals surface area contributed by atoms with Crippen LogP contribution >= 0.6 is 23.7 Å². The smallest absolute Gasteiger partial charge is 0.222 e. The molecule has 1 N–H and O–H groups in total. The van der Waals surface area contributed by atoms with E-state index in [9.17, 15) is 4.79 Å². The van der Waals surface area contributed by atoms with Crippen LogP contribution in [-0.4, -0.2) is 38.0 Å². The summed E-state index contributed by atoms with van der Waals surface area (Å²) in [4.78, 5) is 16.4. The van der Waals surface area contributed by atoms with Gasteiger partial charge in [0.15, 0.2) is 0 Å². The van der Waals surface area contributed by atoms with Crippen molar-refractivity contribution in [3.8, 4) is 0 Å². The van der Waals surface area contributed by atoms with E-state index in [1.165, 1.54) is 15.3 Å². The Balaban J connectivity index is 0.00000324. The fourth-order valence-electron chi connectivity index (χ4n) is 1.96. The molecule has 5 heteroatoms. The zero-order valence-corrected chi connectivity index (χ0v) is 13.9. The minimum atomic E-state index is 0. The topological polar surface area (TPSA) is 32.3 Å². The van der Waals surface area contributed by atoms with E-state index in [0.717, 1.165) is 25.9 Å². The molecule has 1 rings (SSSR count). The lowest BCUT2D eigenvalue weighted by atomic mass is 10.1. The van der Waals surface area contributed by atoms with Crippen LogP contribution in [0.25, 0.3) is 0 Å². The fourth-order valence-corrected chi connectivity index (χ4v) is 2.93. The summed E-state index contributed by atoms with van der Waals surface area (Å²) in [6, 6.07) is 2.25. The molecular weight excluding hydrogens is 280 g/mol. The first-order valence-corrected chi connectivity index (χ1v) is 7.30. The van der Waals surface area contributed by atoms with Crippen LogP contribution in [0.5, 0.6) is 0 Å². The normalized spacial score (nSPS) is 10.1. The highest BCUT2D eigenvalue weighted by atomic mass is 35.5. The average Bonchev–Trinajstić information content (AvgIpc) is 2.64. The number of hydrogen-bond acceptors (Lipinski definition) is 3. The van der Waals surface area contributed by atoms with Crippen molar-refractivity contribution >= 4 is 29.7 Å². The fraction of sp³-hybridized carbons (Fsp3) is 0.643. The van der Waals surface area contributed by atoms with E-state index in [4.69, 9.17) is 0 Å². The van der Waals surface area contributed by atoms with Crippen LogP contribution in [0.1, 0.15) is 28.2 Å². The average molecular weight is 305 g/mol. The predicted molar refractivity (Wildman–Crippen MR) is 85.5 cm³/mol. The van der Waals surface area contributed by atoms with Gasteiger partial charge in [0.2, 0.25) is 5.91 Å². The minimum Gasteiger partial charge on any atom is -0.344 e. The van der Waals surface area contributed by atoms with E-state index in [1.54, 1.807) is 0 Å². The van der Waals surface area contributed by atoms with Crippen LogP contribution in [0.4, 0.5) is 0 Å². The van der Waals surface area contributed by atoms with Crippen LogP contribution in [0.3, 0.4) is 0 Å². The molecule has 0 saturated carbocycles. The highest BCUT2D eigenvalue weighted by Gasteiger charge is 2.09. The Kier molecular flexibility index (Phi) is 9.06. The van der Waals surface area contributed by atoms with E-state index in [-0.39, 0.29) is 18.3 Å². The van der Waals surface area contributed by atoms with Gasteiger partial charge in [-0.3, -0.25) is 4.79 Å². The van der Waals surface area contributed by atoms with Gasteiger partial charge in [0.25, 0.3) is 0 Å². The molecular formula is C14H25ClN2OS. The van der Waals surface area contributed by atoms with Gasteiger partial charge in [-0.15, -0.1) is 23.7 Å². The zero-order valence-electron chi connectivity index (χ0n) is 12.3. The van der Waals surface area contributed by atoms with Crippen molar-refractivity contribution in [2.45, 2.75) is 33.1 Å². The Bertz CT molecular complexity index is 393. The van der Waals surface area contributed by atoms with Gasteiger partial charge in [-0.25, -0.2) is 0 Å². The summed E-state index contributed by atoms with van der Waals surface area (Å²) in [5.74, 6) is 0.245. The van der Waals surface area contributed by atoms with Crippen LogP contribution in [0, 0.1) is 13.8 Å². The molecule has 0 radical (unpaired) electrons. The van der Waals surface area contributed by atoms with Gasteiger partial charge in [-0.2, -0.15) is 0 Å². The first-order valence-electron chi connectivity index (χ1n) is 6.49. The van der Waals surface area contributed by atoms with Crippen LogP contribution in [0.2, 0.25) is 0 Å². The number of nitrogens with zero attached hydrogens (tertiary/aromatic N) is 1. The molecule has 19 heavy (non-hydrogen) atoms. The first-order chi connectivity index (χ1) is 8.54. The number of halogens is 1. The minimum absolute atomic E-state index is 0. The standard InChI is InChI=1S/C14H24N2OS.ClH/c1-11-10-13(12(2)18-11)6-5-7-14(17)16(4)9-8-15-3;/h10,15H,5-9H2,1-4H3;1H. The number of amides is 1. The van der Waals surface area contributed by atoms with Gasteiger partial charge < -0.3 is 10.2 Å². The maximum Gasteiger partial charge on any atom is 0.222 e.